The molecule has 2 aromatic carbocycles. The lowest BCUT2D eigenvalue weighted by molar-refractivity contribution is 0.476. The average molecular weight is 346 g/mol. The summed E-state index contributed by atoms with van der Waals surface area (Å²) >= 11 is 14.9. The van der Waals surface area contributed by atoms with Gasteiger partial charge in [-0.05, 0) is 36.4 Å². The lowest BCUT2D eigenvalue weighted by Crippen LogP contribution is -1.72. The van der Waals surface area contributed by atoms with Gasteiger partial charge in [-0.3, -0.25) is 0 Å². The maximum absolute atomic E-state index is 9.72. The zero-order chi connectivity index (χ0) is 13.1. The smallest absolute Gasteiger partial charge is 0.161 e. The molecular formula is C12H7BrCl2N2O. The predicted molar refractivity (Wildman–Crippen MR) is 76.4 cm³/mol. The summed E-state index contributed by atoms with van der Waals surface area (Å²) in [7, 11) is 0. The maximum atomic E-state index is 9.72. The van der Waals surface area contributed by atoms with E-state index in [4.69, 9.17) is 23.2 Å². The Morgan fingerprint density at radius 2 is 1.67 bits per heavy atom. The lowest BCUT2D eigenvalue weighted by Gasteiger charge is -2.01. The number of phenols is 1. The van der Waals surface area contributed by atoms with Crippen molar-refractivity contribution in [1.82, 2.24) is 0 Å². The monoisotopic (exact) mass is 344 g/mol. The molecule has 18 heavy (non-hydrogen) atoms. The van der Waals surface area contributed by atoms with Gasteiger partial charge in [-0.25, -0.2) is 0 Å². The zero-order valence-electron chi connectivity index (χ0n) is 8.94. The van der Waals surface area contributed by atoms with Gasteiger partial charge in [0.2, 0.25) is 0 Å². The third kappa shape index (κ3) is 3.22. The summed E-state index contributed by atoms with van der Waals surface area (Å²) in [6, 6.07) is 10.1. The van der Waals surface area contributed by atoms with Gasteiger partial charge in [0.1, 0.15) is 5.69 Å². The van der Waals surface area contributed by atoms with E-state index < -0.39 is 0 Å². The summed E-state index contributed by atoms with van der Waals surface area (Å²) in [6.45, 7) is 0. The molecule has 2 aromatic rings. The SMILES string of the molecule is Oc1c(Cl)cc(Br)cc1N=Nc1ccc(Cl)cc1. The van der Waals surface area contributed by atoms with Crippen LogP contribution in [0.5, 0.6) is 5.75 Å². The predicted octanol–water partition coefficient (Wildman–Crippen LogP) is 5.88. The van der Waals surface area contributed by atoms with Crippen molar-refractivity contribution in [3.8, 4) is 5.75 Å². The minimum absolute atomic E-state index is 0.0995. The number of azo groups is 1. The molecule has 0 atom stereocenters. The van der Waals surface area contributed by atoms with Crippen LogP contribution in [0.25, 0.3) is 0 Å². The molecule has 6 heteroatoms. The highest BCUT2D eigenvalue weighted by molar-refractivity contribution is 9.10. The van der Waals surface area contributed by atoms with E-state index in [0.717, 1.165) is 4.47 Å². The number of nitrogens with zero attached hydrogens (tertiary/aromatic N) is 2. The van der Waals surface area contributed by atoms with Crippen molar-refractivity contribution in [2.75, 3.05) is 0 Å². The molecule has 0 amide bonds. The molecule has 0 spiro atoms. The molecule has 0 saturated carbocycles. The summed E-state index contributed by atoms with van der Waals surface area (Å²) in [4.78, 5) is 0. The minimum atomic E-state index is -0.0995. The molecular weight excluding hydrogens is 339 g/mol. The second-order valence-corrected chi connectivity index (χ2v) is 5.19. The second kappa shape index (κ2) is 5.69. The van der Waals surface area contributed by atoms with E-state index in [1.807, 2.05) is 0 Å². The van der Waals surface area contributed by atoms with Crippen LogP contribution in [0.3, 0.4) is 0 Å². The number of halogens is 3. The van der Waals surface area contributed by atoms with E-state index in [9.17, 15) is 5.11 Å². The van der Waals surface area contributed by atoms with Crippen molar-refractivity contribution in [2.24, 2.45) is 10.2 Å². The van der Waals surface area contributed by atoms with Crippen LogP contribution >= 0.6 is 39.1 Å². The zero-order valence-corrected chi connectivity index (χ0v) is 12.0. The van der Waals surface area contributed by atoms with Crippen LogP contribution in [0.4, 0.5) is 11.4 Å². The Hall–Kier alpha value is -1.10. The van der Waals surface area contributed by atoms with Crippen LogP contribution in [-0.4, -0.2) is 5.11 Å². The third-order valence-electron chi connectivity index (χ3n) is 2.11. The number of rotatable bonds is 2. The molecule has 0 aliphatic rings. The van der Waals surface area contributed by atoms with E-state index in [2.05, 4.69) is 26.2 Å². The van der Waals surface area contributed by atoms with Crippen molar-refractivity contribution < 1.29 is 5.11 Å². The third-order valence-corrected chi connectivity index (χ3v) is 3.11. The van der Waals surface area contributed by atoms with E-state index in [-0.39, 0.29) is 10.8 Å². The van der Waals surface area contributed by atoms with Gasteiger partial charge in [-0.2, -0.15) is 5.11 Å². The molecule has 1 N–H and O–H groups in total. The number of benzene rings is 2. The van der Waals surface area contributed by atoms with Crippen molar-refractivity contribution >= 4 is 50.5 Å². The summed E-state index contributed by atoms with van der Waals surface area (Å²) in [5, 5.41) is 18.5. The Morgan fingerprint density at radius 1 is 1.00 bits per heavy atom. The highest BCUT2D eigenvalue weighted by Gasteiger charge is 2.06. The Morgan fingerprint density at radius 3 is 2.33 bits per heavy atom. The Balaban J connectivity index is 2.31. The Labute approximate surface area is 122 Å². The summed E-state index contributed by atoms with van der Waals surface area (Å²) in [5.74, 6) is -0.0995. The quantitative estimate of drug-likeness (QED) is 0.679. The fraction of sp³-hybridized carbons (Fsp3) is 0. The first kappa shape index (κ1) is 13.3. The number of hydrogen-bond donors (Lipinski definition) is 1. The van der Waals surface area contributed by atoms with Gasteiger partial charge in [0.15, 0.2) is 5.75 Å². The Bertz CT molecular complexity index is 600. The van der Waals surface area contributed by atoms with Crippen LogP contribution in [0.1, 0.15) is 0 Å². The largest absolute Gasteiger partial charge is 0.504 e. The van der Waals surface area contributed by atoms with E-state index in [0.29, 0.717) is 16.4 Å². The molecule has 0 radical (unpaired) electrons. The lowest BCUT2D eigenvalue weighted by atomic mass is 10.3. The van der Waals surface area contributed by atoms with Gasteiger partial charge in [-0.1, -0.05) is 39.1 Å². The molecule has 0 aliphatic heterocycles. The fourth-order valence-corrected chi connectivity index (χ4v) is 2.17. The molecule has 0 bridgehead atoms. The molecule has 0 aliphatic carbocycles. The highest BCUT2D eigenvalue weighted by Crippen LogP contribution is 2.37. The van der Waals surface area contributed by atoms with Crippen LogP contribution in [-0.2, 0) is 0 Å². The van der Waals surface area contributed by atoms with Crippen LogP contribution < -0.4 is 0 Å². The molecule has 92 valence electrons. The summed E-state index contributed by atoms with van der Waals surface area (Å²) < 4.78 is 0.718. The highest BCUT2D eigenvalue weighted by atomic mass is 79.9. The standard InChI is InChI=1S/C12H7BrCl2N2O/c13-7-5-10(15)12(18)11(6-7)17-16-9-3-1-8(14)2-4-9/h1-6,18H. The molecule has 0 heterocycles. The van der Waals surface area contributed by atoms with Gasteiger partial charge >= 0.3 is 0 Å². The van der Waals surface area contributed by atoms with Crippen molar-refractivity contribution in [1.29, 1.82) is 0 Å². The first-order valence-corrected chi connectivity index (χ1v) is 6.46. The molecule has 0 fully saturated rings. The average Bonchev–Trinajstić information content (AvgIpc) is 2.34. The molecule has 0 aromatic heterocycles. The van der Waals surface area contributed by atoms with Crippen LogP contribution in [0, 0.1) is 0 Å². The maximum Gasteiger partial charge on any atom is 0.161 e. The summed E-state index contributed by atoms with van der Waals surface area (Å²) in [5.41, 5.74) is 0.930. The van der Waals surface area contributed by atoms with Gasteiger partial charge < -0.3 is 5.11 Å². The minimum Gasteiger partial charge on any atom is -0.504 e. The first-order valence-electron chi connectivity index (χ1n) is 4.91. The van der Waals surface area contributed by atoms with Gasteiger partial charge in [0.25, 0.3) is 0 Å². The van der Waals surface area contributed by atoms with E-state index >= 15 is 0 Å². The van der Waals surface area contributed by atoms with E-state index in [1.165, 1.54) is 0 Å². The number of aromatic hydroxyl groups is 1. The van der Waals surface area contributed by atoms with E-state index in [1.54, 1.807) is 36.4 Å². The van der Waals surface area contributed by atoms with Gasteiger partial charge in [0.05, 0.1) is 10.7 Å². The number of hydrogen-bond acceptors (Lipinski definition) is 3. The molecule has 0 unspecified atom stereocenters. The van der Waals surface area contributed by atoms with Crippen molar-refractivity contribution in [2.45, 2.75) is 0 Å². The van der Waals surface area contributed by atoms with Crippen LogP contribution in [0.15, 0.2) is 51.1 Å². The molecule has 3 nitrogen and oxygen atoms in total. The number of phenolic OH excluding ortho intramolecular Hbond substituents is 1. The van der Waals surface area contributed by atoms with Gasteiger partial charge in [0, 0.05) is 9.50 Å². The molecule has 2 rings (SSSR count). The van der Waals surface area contributed by atoms with Crippen molar-refractivity contribution in [3.63, 3.8) is 0 Å². The van der Waals surface area contributed by atoms with Gasteiger partial charge in [-0.15, -0.1) is 5.11 Å². The Kier molecular flexibility index (Phi) is 4.22. The first-order chi connectivity index (χ1) is 8.56. The summed E-state index contributed by atoms with van der Waals surface area (Å²) in [6.07, 6.45) is 0. The molecule has 0 saturated heterocycles. The fourth-order valence-electron chi connectivity index (χ4n) is 1.25. The normalized spacial score (nSPS) is 11.1. The topological polar surface area (TPSA) is 45.0 Å². The second-order valence-electron chi connectivity index (χ2n) is 3.43. The van der Waals surface area contributed by atoms with Crippen molar-refractivity contribution in [3.05, 3.63) is 50.9 Å². The van der Waals surface area contributed by atoms with Crippen LogP contribution in [0.2, 0.25) is 10.0 Å².